The highest BCUT2D eigenvalue weighted by molar-refractivity contribution is 8.18. The highest BCUT2D eigenvalue weighted by atomic mass is 35.5. The van der Waals surface area contributed by atoms with E-state index in [4.69, 9.17) is 21.1 Å². The van der Waals surface area contributed by atoms with Crippen LogP contribution in [0.5, 0.6) is 11.5 Å². The molecule has 7 heteroatoms. The number of thioether (sulfide) groups is 1. The van der Waals surface area contributed by atoms with E-state index in [1.54, 1.807) is 18.2 Å². The van der Waals surface area contributed by atoms with Crippen LogP contribution >= 0.6 is 23.4 Å². The summed E-state index contributed by atoms with van der Waals surface area (Å²) in [5, 5.41) is 0.146. The maximum Gasteiger partial charge on any atom is 0.293 e. The Labute approximate surface area is 150 Å². The number of amides is 2. The van der Waals surface area contributed by atoms with Gasteiger partial charge in [0.05, 0.1) is 23.1 Å². The second kappa shape index (κ2) is 7.94. The molecule has 1 fully saturated rings. The third kappa shape index (κ3) is 4.05. The molecule has 0 spiro atoms. The highest BCUT2D eigenvalue weighted by Gasteiger charge is 2.34. The van der Waals surface area contributed by atoms with E-state index in [2.05, 4.69) is 0 Å². The van der Waals surface area contributed by atoms with Gasteiger partial charge in [0.15, 0.2) is 11.5 Å². The molecule has 1 saturated heterocycles. The topological polar surface area (TPSA) is 55.8 Å². The van der Waals surface area contributed by atoms with Gasteiger partial charge in [-0.1, -0.05) is 18.5 Å². The fourth-order valence-corrected chi connectivity index (χ4v) is 3.37. The Kier molecular flexibility index (Phi) is 6.18. The summed E-state index contributed by atoms with van der Waals surface area (Å²) in [5.74, 6) is 0.671. The van der Waals surface area contributed by atoms with Gasteiger partial charge in [0, 0.05) is 6.54 Å². The van der Waals surface area contributed by atoms with Crippen LogP contribution in [0.3, 0.4) is 0 Å². The molecule has 130 valence electrons. The van der Waals surface area contributed by atoms with Gasteiger partial charge in [-0.15, -0.1) is 0 Å². The summed E-state index contributed by atoms with van der Waals surface area (Å²) in [6.07, 6.45) is 2.33. The standard InChI is InChI=1S/C17H20ClNO4S/c1-5-6-19-16(20)14(24-17(19)21)9-11-7-12(18)15(23-10(2)3)13(8-11)22-4/h7-10H,5-6H2,1-4H3/b14-9+. The number of imide groups is 1. The van der Waals surface area contributed by atoms with Crippen molar-refractivity contribution in [2.75, 3.05) is 13.7 Å². The lowest BCUT2D eigenvalue weighted by atomic mass is 10.1. The van der Waals surface area contributed by atoms with Crippen molar-refractivity contribution in [2.24, 2.45) is 0 Å². The quantitative estimate of drug-likeness (QED) is 0.687. The first-order valence-corrected chi connectivity index (χ1v) is 8.86. The molecule has 5 nitrogen and oxygen atoms in total. The molecular formula is C17H20ClNO4S. The number of ether oxygens (including phenoxy) is 2. The van der Waals surface area contributed by atoms with Gasteiger partial charge >= 0.3 is 0 Å². The lowest BCUT2D eigenvalue weighted by Gasteiger charge is -2.15. The average Bonchev–Trinajstić information content (AvgIpc) is 2.77. The molecule has 1 heterocycles. The average molecular weight is 370 g/mol. The van der Waals surface area contributed by atoms with Gasteiger partial charge < -0.3 is 9.47 Å². The van der Waals surface area contributed by atoms with Crippen molar-refractivity contribution in [3.63, 3.8) is 0 Å². The van der Waals surface area contributed by atoms with Crippen molar-refractivity contribution in [1.82, 2.24) is 4.90 Å². The molecule has 2 amide bonds. The Balaban J connectivity index is 2.35. The minimum absolute atomic E-state index is 0.0483. The molecule has 0 N–H and O–H groups in total. The zero-order valence-electron chi connectivity index (χ0n) is 14.1. The molecule has 24 heavy (non-hydrogen) atoms. The van der Waals surface area contributed by atoms with Gasteiger partial charge in [0.2, 0.25) is 0 Å². The first-order valence-electron chi connectivity index (χ1n) is 7.66. The van der Waals surface area contributed by atoms with E-state index < -0.39 is 0 Å². The molecule has 0 atom stereocenters. The van der Waals surface area contributed by atoms with Gasteiger partial charge in [0.25, 0.3) is 11.1 Å². The largest absolute Gasteiger partial charge is 0.493 e. The maximum atomic E-state index is 12.3. The Morgan fingerprint density at radius 3 is 2.62 bits per heavy atom. The van der Waals surface area contributed by atoms with Crippen molar-refractivity contribution in [3.05, 3.63) is 27.6 Å². The number of nitrogens with zero attached hydrogens (tertiary/aromatic N) is 1. The Morgan fingerprint density at radius 2 is 2.04 bits per heavy atom. The van der Waals surface area contributed by atoms with Crippen LogP contribution in [0.25, 0.3) is 6.08 Å². The molecule has 0 unspecified atom stereocenters. The monoisotopic (exact) mass is 369 g/mol. The Bertz CT molecular complexity index is 687. The van der Waals surface area contributed by atoms with Crippen molar-refractivity contribution < 1.29 is 19.1 Å². The molecule has 1 aliphatic heterocycles. The summed E-state index contributed by atoms with van der Waals surface area (Å²) in [5.41, 5.74) is 0.676. The normalized spacial score (nSPS) is 16.4. The van der Waals surface area contributed by atoms with Crippen molar-refractivity contribution in [1.29, 1.82) is 0 Å². The summed E-state index contributed by atoms with van der Waals surface area (Å²) in [6.45, 7) is 6.14. The fraction of sp³-hybridized carbons (Fsp3) is 0.412. The minimum atomic E-state index is -0.274. The third-order valence-electron chi connectivity index (χ3n) is 3.22. The van der Waals surface area contributed by atoms with Crippen molar-refractivity contribution >= 4 is 40.6 Å². The predicted molar refractivity (Wildman–Crippen MR) is 96.7 cm³/mol. The predicted octanol–water partition coefficient (Wildman–Crippen LogP) is 4.58. The first-order chi connectivity index (χ1) is 11.4. The van der Waals surface area contributed by atoms with Gasteiger partial charge in [-0.25, -0.2) is 0 Å². The van der Waals surface area contributed by atoms with Crippen LogP contribution in [0.4, 0.5) is 4.79 Å². The van der Waals surface area contributed by atoms with E-state index in [0.29, 0.717) is 33.5 Å². The van der Waals surface area contributed by atoms with Crippen LogP contribution in [0, 0.1) is 0 Å². The van der Waals surface area contributed by atoms with Crippen LogP contribution in [0.2, 0.25) is 5.02 Å². The molecule has 0 bridgehead atoms. The lowest BCUT2D eigenvalue weighted by Crippen LogP contribution is -2.28. The molecule has 0 radical (unpaired) electrons. The van der Waals surface area contributed by atoms with E-state index in [0.717, 1.165) is 18.2 Å². The smallest absolute Gasteiger partial charge is 0.293 e. The zero-order valence-corrected chi connectivity index (χ0v) is 15.7. The number of carbonyl (C=O) groups is 2. The minimum Gasteiger partial charge on any atom is -0.493 e. The highest BCUT2D eigenvalue weighted by Crippen LogP contribution is 2.39. The SMILES string of the molecule is CCCN1C(=O)S/C(=C/c2cc(Cl)c(OC(C)C)c(OC)c2)C1=O. The second-order valence-electron chi connectivity index (χ2n) is 5.53. The molecule has 1 aromatic rings. The molecule has 2 rings (SSSR count). The Hall–Kier alpha value is -1.66. The molecule has 0 aromatic heterocycles. The third-order valence-corrected chi connectivity index (χ3v) is 4.41. The molecule has 0 saturated carbocycles. The summed E-state index contributed by atoms with van der Waals surface area (Å²) < 4.78 is 11.0. The zero-order chi connectivity index (χ0) is 17.9. The number of benzene rings is 1. The van der Waals surface area contributed by atoms with Gasteiger partial charge in [0.1, 0.15) is 0 Å². The second-order valence-corrected chi connectivity index (χ2v) is 6.93. The number of methoxy groups -OCH3 is 1. The van der Waals surface area contributed by atoms with Gasteiger partial charge in [-0.05, 0) is 55.8 Å². The first kappa shape index (κ1) is 18.7. The number of hydrogen-bond acceptors (Lipinski definition) is 5. The van der Waals surface area contributed by atoms with Crippen LogP contribution in [-0.2, 0) is 4.79 Å². The van der Waals surface area contributed by atoms with E-state index in [-0.39, 0.29) is 17.3 Å². The van der Waals surface area contributed by atoms with Crippen molar-refractivity contribution in [3.8, 4) is 11.5 Å². The van der Waals surface area contributed by atoms with Crippen LogP contribution in [0.1, 0.15) is 32.8 Å². The summed E-state index contributed by atoms with van der Waals surface area (Å²) >= 11 is 7.22. The van der Waals surface area contributed by atoms with Crippen LogP contribution in [0.15, 0.2) is 17.0 Å². The molecule has 0 aliphatic carbocycles. The molecule has 1 aliphatic rings. The summed E-state index contributed by atoms with van der Waals surface area (Å²) in [4.78, 5) is 25.8. The van der Waals surface area contributed by atoms with Gasteiger partial charge in [-0.3, -0.25) is 14.5 Å². The van der Waals surface area contributed by atoms with E-state index in [9.17, 15) is 9.59 Å². The Morgan fingerprint density at radius 1 is 1.33 bits per heavy atom. The summed E-state index contributed by atoms with van der Waals surface area (Å²) in [6, 6.07) is 3.42. The van der Waals surface area contributed by atoms with Gasteiger partial charge in [-0.2, -0.15) is 0 Å². The lowest BCUT2D eigenvalue weighted by molar-refractivity contribution is -0.122. The van der Waals surface area contributed by atoms with Crippen molar-refractivity contribution in [2.45, 2.75) is 33.3 Å². The molecular weight excluding hydrogens is 350 g/mol. The number of rotatable bonds is 6. The number of carbonyl (C=O) groups excluding carboxylic acids is 2. The summed E-state index contributed by atoms with van der Waals surface area (Å²) in [7, 11) is 1.53. The molecule has 1 aromatic carbocycles. The number of halogens is 1. The van der Waals surface area contributed by atoms with E-state index in [1.165, 1.54) is 12.0 Å². The van der Waals surface area contributed by atoms with E-state index >= 15 is 0 Å². The number of hydrogen-bond donors (Lipinski definition) is 0. The fourth-order valence-electron chi connectivity index (χ4n) is 2.24. The van der Waals surface area contributed by atoms with E-state index in [1.807, 2.05) is 20.8 Å². The van der Waals surface area contributed by atoms with Crippen LogP contribution < -0.4 is 9.47 Å². The van der Waals surface area contributed by atoms with Crippen LogP contribution in [-0.4, -0.2) is 35.8 Å². The maximum absolute atomic E-state index is 12.3.